The molecule has 0 atom stereocenters. The number of benzene rings is 1. The molecule has 1 aromatic rings. The molecule has 0 heterocycles. The first-order valence-electron chi connectivity index (χ1n) is 7.44. The molecule has 2 rings (SSSR count). The third kappa shape index (κ3) is 4.75. The molecule has 24 heavy (non-hydrogen) atoms. The maximum Gasteiger partial charge on any atom is 0.225 e. The van der Waals surface area contributed by atoms with Gasteiger partial charge in [0.2, 0.25) is 15.9 Å². The van der Waals surface area contributed by atoms with Crippen LogP contribution in [0.2, 0.25) is 5.02 Å². The van der Waals surface area contributed by atoms with Crippen LogP contribution in [0.4, 0.5) is 5.69 Å². The SMILES string of the molecule is COc1cc(NC(=O)CCN(C2CC2)S(C)(=O)=O)c(OC)cc1Cl. The first-order valence-corrected chi connectivity index (χ1v) is 9.67. The topological polar surface area (TPSA) is 84.9 Å². The van der Waals surface area contributed by atoms with Crippen molar-refractivity contribution in [2.75, 3.05) is 32.3 Å². The predicted octanol–water partition coefficient (Wildman–Crippen LogP) is 2.11. The molecule has 134 valence electrons. The fourth-order valence-electron chi connectivity index (χ4n) is 2.36. The Bertz CT molecular complexity index is 719. The van der Waals surface area contributed by atoms with Crippen molar-refractivity contribution in [1.29, 1.82) is 0 Å². The third-order valence-electron chi connectivity index (χ3n) is 3.69. The number of carbonyl (C=O) groups is 1. The highest BCUT2D eigenvalue weighted by Gasteiger charge is 2.34. The Morgan fingerprint density at radius 2 is 1.92 bits per heavy atom. The fraction of sp³-hybridized carbons (Fsp3) is 0.533. The van der Waals surface area contributed by atoms with Crippen LogP contribution in [0.5, 0.6) is 11.5 Å². The van der Waals surface area contributed by atoms with Crippen molar-refractivity contribution in [1.82, 2.24) is 4.31 Å². The Labute approximate surface area is 146 Å². The molecular weight excluding hydrogens is 356 g/mol. The highest BCUT2D eigenvalue weighted by atomic mass is 35.5. The quantitative estimate of drug-likeness (QED) is 0.751. The van der Waals surface area contributed by atoms with Gasteiger partial charge in [-0.15, -0.1) is 0 Å². The molecule has 1 aromatic carbocycles. The summed E-state index contributed by atoms with van der Waals surface area (Å²) < 4.78 is 35.2. The number of nitrogens with one attached hydrogen (secondary N) is 1. The molecule has 0 spiro atoms. The van der Waals surface area contributed by atoms with E-state index in [9.17, 15) is 13.2 Å². The number of amides is 1. The van der Waals surface area contributed by atoms with E-state index in [-0.39, 0.29) is 24.9 Å². The van der Waals surface area contributed by atoms with E-state index in [4.69, 9.17) is 21.1 Å². The van der Waals surface area contributed by atoms with Crippen LogP contribution >= 0.6 is 11.6 Å². The number of sulfonamides is 1. The highest BCUT2D eigenvalue weighted by Crippen LogP contribution is 2.36. The first kappa shape index (κ1) is 18.8. The average Bonchev–Trinajstić information content (AvgIpc) is 3.32. The first-order chi connectivity index (χ1) is 11.3. The number of halogens is 1. The van der Waals surface area contributed by atoms with Crippen LogP contribution in [0.3, 0.4) is 0 Å². The molecule has 0 aromatic heterocycles. The largest absolute Gasteiger partial charge is 0.495 e. The summed E-state index contributed by atoms with van der Waals surface area (Å²) in [6, 6.07) is 3.13. The molecule has 1 aliphatic rings. The van der Waals surface area contributed by atoms with Gasteiger partial charge in [-0.05, 0) is 12.8 Å². The van der Waals surface area contributed by atoms with E-state index in [0.29, 0.717) is 22.2 Å². The second-order valence-corrected chi connectivity index (χ2v) is 7.93. The average molecular weight is 377 g/mol. The number of rotatable bonds is 8. The Morgan fingerprint density at radius 3 is 2.42 bits per heavy atom. The molecule has 7 nitrogen and oxygen atoms in total. The second-order valence-electron chi connectivity index (χ2n) is 5.59. The molecule has 0 bridgehead atoms. The van der Waals surface area contributed by atoms with Gasteiger partial charge in [0.05, 0.1) is 31.2 Å². The molecule has 0 radical (unpaired) electrons. The maximum atomic E-state index is 12.2. The summed E-state index contributed by atoms with van der Waals surface area (Å²) in [5.41, 5.74) is 0.418. The fourth-order valence-corrected chi connectivity index (χ4v) is 3.77. The molecule has 9 heteroatoms. The second kappa shape index (κ2) is 7.58. The number of nitrogens with zero attached hydrogens (tertiary/aromatic N) is 1. The maximum absolute atomic E-state index is 12.2. The smallest absolute Gasteiger partial charge is 0.225 e. The lowest BCUT2D eigenvalue weighted by Crippen LogP contribution is -2.34. The van der Waals surface area contributed by atoms with E-state index in [1.165, 1.54) is 18.5 Å². The zero-order valence-corrected chi connectivity index (χ0v) is 15.4. The van der Waals surface area contributed by atoms with E-state index >= 15 is 0 Å². The van der Waals surface area contributed by atoms with Crippen LogP contribution < -0.4 is 14.8 Å². The third-order valence-corrected chi connectivity index (χ3v) is 5.32. The summed E-state index contributed by atoms with van der Waals surface area (Å²) in [7, 11) is -0.372. The van der Waals surface area contributed by atoms with Gasteiger partial charge in [0.1, 0.15) is 11.5 Å². The molecule has 0 unspecified atom stereocenters. The number of methoxy groups -OCH3 is 2. The molecule has 1 amide bonds. The minimum atomic E-state index is -3.31. The van der Waals surface area contributed by atoms with Crippen molar-refractivity contribution in [2.45, 2.75) is 25.3 Å². The molecule has 0 aliphatic heterocycles. The van der Waals surface area contributed by atoms with Crippen molar-refractivity contribution < 1.29 is 22.7 Å². The Hall–Kier alpha value is -1.51. The van der Waals surface area contributed by atoms with E-state index in [2.05, 4.69) is 5.32 Å². The minimum Gasteiger partial charge on any atom is -0.495 e. The Balaban J connectivity index is 2.04. The molecule has 0 saturated heterocycles. The van der Waals surface area contributed by atoms with E-state index in [1.807, 2.05) is 0 Å². The van der Waals surface area contributed by atoms with Crippen LogP contribution in [0, 0.1) is 0 Å². The molecular formula is C15H21ClN2O5S. The zero-order valence-electron chi connectivity index (χ0n) is 13.8. The van der Waals surface area contributed by atoms with Gasteiger partial charge in [-0.3, -0.25) is 4.79 Å². The van der Waals surface area contributed by atoms with Crippen molar-refractivity contribution in [3.8, 4) is 11.5 Å². The molecule has 1 saturated carbocycles. The van der Waals surface area contributed by atoms with Crippen LogP contribution in [0.25, 0.3) is 0 Å². The van der Waals surface area contributed by atoms with Gasteiger partial charge >= 0.3 is 0 Å². The van der Waals surface area contributed by atoms with E-state index < -0.39 is 10.0 Å². The summed E-state index contributed by atoms with van der Waals surface area (Å²) in [4.78, 5) is 12.2. The monoisotopic (exact) mass is 376 g/mol. The lowest BCUT2D eigenvalue weighted by atomic mass is 10.2. The van der Waals surface area contributed by atoms with Gasteiger partial charge in [0.25, 0.3) is 0 Å². The van der Waals surface area contributed by atoms with Crippen LogP contribution in [0.1, 0.15) is 19.3 Å². The zero-order chi connectivity index (χ0) is 17.9. The van der Waals surface area contributed by atoms with Crippen LogP contribution in [-0.4, -0.2) is 51.7 Å². The molecule has 1 aliphatic carbocycles. The Kier molecular flexibility index (Phi) is 5.95. The van der Waals surface area contributed by atoms with Gasteiger partial charge in [0, 0.05) is 31.1 Å². The highest BCUT2D eigenvalue weighted by molar-refractivity contribution is 7.88. The normalized spacial score (nSPS) is 14.5. The number of hydrogen-bond acceptors (Lipinski definition) is 5. The summed E-state index contributed by atoms with van der Waals surface area (Å²) in [6.45, 7) is 0.155. The molecule has 1 N–H and O–H groups in total. The van der Waals surface area contributed by atoms with Crippen LogP contribution in [0.15, 0.2) is 12.1 Å². The van der Waals surface area contributed by atoms with Gasteiger partial charge in [-0.1, -0.05) is 11.6 Å². The lowest BCUT2D eigenvalue weighted by Gasteiger charge is -2.19. The summed E-state index contributed by atoms with van der Waals surface area (Å²) >= 11 is 6.02. The van der Waals surface area contributed by atoms with Crippen molar-refractivity contribution in [3.63, 3.8) is 0 Å². The van der Waals surface area contributed by atoms with E-state index in [1.54, 1.807) is 12.1 Å². The van der Waals surface area contributed by atoms with Crippen molar-refractivity contribution >= 4 is 33.2 Å². The van der Waals surface area contributed by atoms with Gasteiger partial charge in [-0.2, -0.15) is 4.31 Å². The Morgan fingerprint density at radius 1 is 1.29 bits per heavy atom. The number of carbonyl (C=O) groups excluding carboxylic acids is 1. The molecule has 1 fully saturated rings. The summed E-state index contributed by atoms with van der Waals surface area (Å²) in [5, 5.41) is 3.07. The van der Waals surface area contributed by atoms with Gasteiger partial charge in [-0.25, -0.2) is 8.42 Å². The number of ether oxygens (including phenoxy) is 2. The van der Waals surface area contributed by atoms with Crippen molar-refractivity contribution in [3.05, 3.63) is 17.2 Å². The van der Waals surface area contributed by atoms with Crippen LogP contribution in [-0.2, 0) is 14.8 Å². The minimum absolute atomic E-state index is 0.0259. The lowest BCUT2D eigenvalue weighted by molar-refractivity contribution is -0.116. The number of anilines is 1. The predicted molar refractivity (Wildman–Crippen MR) is 92.4 cm³/mol. The van der Waals surface area contributed by atoms with E-state index in [0.717, 1.165) is 19.1 Å². The summed E-state index contributed by atoms with van der Waals surface area (Å²) in [6.07, 6.45) is 2.90. The van der Waals surface area contributed by atoms with Crippen molar-refractivity contribution in [2.24, 2.45) is 0 Å². The van der Waals surface area contributed by atoms with Gasteiger partial charge < -0.3 is 14.8 Å². The standard InChI is InChI=1S/C15H21ClN2O5S/c1-22-13-9-12(14(23-2)8-11(13)16)17-15(19)6-7-18(10-4-5-10)24(3,20)21/h8-10H,4-7H2,1-3H3,(H,17,19). The number of hydrogen-bond donors (Lipinski definition) is 1. The summed E-state index contributed by atoms with van der Waals surface area (Å²) in [5.74, 6) is 0.492. The van der Waals surface area contributed by atoms with Gasteiger partial charge in [0.15, 0.2) is 0 Å².